The summed E-state index contributed by atoms with van der Waals surface area (Å²) in [6, 6.07) is 10.7. The maximum atomic E-state index is 13.7. The van der Waals surface area contributed by atoms with Gasteiger partial charge >= 0.3 is 5.91 Å². The number of pyridine rings is 1. The van der Waals surface area contributed by atoms with Crippen LogP contribution in [0.1, 0.15) is 50.4 Å². The summed E-state index contributed by atoms with van der Waals surface area (Å²) >= 11 is 6.16. The molecule has 1 N–H and O–H groups in total. The zero-order valence-corrected chi connectivity index (χ0v) is 20.4. The highest BCUT2D eigenvalue weighted by atomic mass is 35.5. The molecule has 1 aliphatic rings. The van der Waals surface area contributed by atoms with Gasteiger partial charge in [0.2, 0.25) is 0 Å². The van der Waals surface area contributed by atoms with Crippen LogP contribution in [0.15, 0.2) is 53.6 Å². The molecule has 1 aliphatic heterocycles. The third kappa shape index (κ3) is 4.12. The molecule has 2 amide bonds. The summed E-state index contributed by atoms with van der Waals surface area (Å²) in [6.07, 6.45) is 6.29. The molecule has 0 fully saturated rings. The van der Waals surface area contributed by atoms with Gasteiger partial charge in [0.25, 0.3) is 17.2 Å². The molecule has 0 unspecified atom stereocenters. The average molecular weight is 480 g/mol. The summed E-state index contributed by atoms with van der Waals surface area (Å²) in [5.41, 5.74) is 2.40. The first-order chi connectivity index (χ1) is 16.4. The number of rotatable bonds is 8. The molecule has 3 heterocycles. The van der Waals surface area contributed by atoms with E-state index in [0.29, 0.717) is 29.2 Å². The van der Waals surface area contributed by atoms with E-state index in [-0.39, 0.29) is 28.9 Å². The molecule has 176 valence electrons. The van der Waals surface area contributed by atoms with E-state index in [1.165, 1.54) is 9.58 Å². The van der Waals surface area contributed by atoms with Crippen molar-refractivity contribution in [3.63, 3.8) is 0 Å². The lowest BCUT2D eigenvalue weighted by Gasteiger charge is -2.11. The zero-order chi connectivity index (χ0) is 24.4. The van der Waals surface area contributed by atoms with Crippen molar-refractivity contribution in [2.24, 2.45) is 0 Å². The van der Waals surface area contributed by atoms with E-state index in [9.17, 15) is 14.4 Å². The van der Waals surface area contributed by atoms with Crippen LogP contribution in [0.5, 0.6) is 0 Å². The fourth-order valence-corrected chi connectivity index (χ4v) is 4.48. The monoisotopic (exact) mass is 479 g/mol. The molecule has 1 aromatic carbocycles. The minimum absolute atomic E-state index is 0.141. The molecule has 34 heavy (non-hydrogen) atoms. The first-order valence-electron chi connectivity index (χ1n) is 11.6. The second-order valence-electron chi connectivity index (χ2n) is 8.29. The fraction of sp³-hybridized carbons (Fsp3) is 0.308. The van der Waals surface area contributed by atoms with Crippen molar-refractivity contribution in [3.8, 4) is 5.69 Å². The van der Waals surface area contributed by atoms with Gasteiger partial charge in [0.1, 0.15) is 5.57 Å². The van der Waals surface area contributed by atoms with Crippen LogP contribution in [0.4, 0.5) is 0 Å². The molecule has 3 aromatic rings. The van der Waals surface area contributed by atoms with Crippen LogP contribution < -0.4 is 10.1 Å². The zero-order valence-electron chi connectivity index (χ0n) is 19.6. The van der Waals surface area contributed by atoms with E-state index in [1.807, 2.05) is 39.1 Å². The first kappa shape index (κ1) is 23.7. The van der Waals surface area contributed by atoms with Crippen molar-refractivity contribution in [1.82, 2.24) is 14.7 Å². The number of hydrogen-bond acceptors (Lipinski definition) is 3. The van der Waals surface area contributed by atoms with Crippen LogP contribution >= 0.6 is 11.6 Å². The first-order valence-corrected chi connectivity index (χ1v) is 12.0. The number of imide groups is 1. The minimum atomic E-state index is -0.442. The standard InChI is InChI=1S/C26H27ClN4O3/c1-4-9-20-21(25(33)31(28-20)19-12-7-11-18(27)15-19)22-23(26(34)30(13-5-2)24(22)32)29-14-8-10-17(6-3)16-29/h7-8,10-12,14-16H,4-6,9,13H2,1-3H3/p+1. The molecular formula is C26H28ClN4O3+. The van der Waals surface area contributed by atoms with Gasteiger partial charge in [-0.05, 0) is 43.5 Å². The second-order valence-corrected chi connectivity index (χ2v) is 8.73. The lowest BCUT2D eigenvalue weighted by Crippen LogP contribution is -2.40. The summed E-state index contributed by atoms with van der Waals surface area (Å²) in [4.78, 5) is 42.1. The van der Waals surface area contributed by atoms with E-state index < -0.39 is 11.8 Å². The largest absolute Gasteiger partial charge is 0.326 e. The Bertz CT molecular complexity index is 1350. The van der Waals surface area contributed by atoms with Crippen molar-refractivity contribution in [2.75, 3.05) is 6.54 Å². The number of halogens is 1. The lowest BCUT2D eigenvalue weighted by atomic mass is 10.0. The number of carbonyl (C=O) groups is 2. The number of nitrogens with one attached hydrogen (secondary N) is 1. The minimum Gasteiger partial charge on any atom is -0.294 e. The number of aryl methyl sites for hydroxylation is 2. The molecule has 7 nitrogen and oxygen atoms in total. The van der Waals surface area contributed by atoms with Gasteiger partial charge in [-0.1, -0.05) is 44.9 Å². The van der Waals surface area contributed by atoms with E-state index >= 15 is 0 Å². The Hall–Kier alpha value is -3.45. The van der Waals surface area contributed by atoms with Crippen molar-refractivity contribution in [3.05, 3.63) is 81.0 Å². The Kier molecular flexibility index (Phi) is 6.84. The van der Waals surface area contributed by atoms with Crippen LogP contribution in [0.25, 0.3) is 17.0 Å². The highest BCUT2D eigenvalue weighted by Crippen LogP contribution is 2.30. The number of hydrogen-bond donors (Lipinski definition) is 1. The van der Waals surface area contributed by atoms with E-state index in [2.05, 4.69) is 5.10 Å². The number of amides is 2. The predicted molar refractivity (Wildman–Crippen MR) is 132 cm³/mol. The van der Waals surface area contributed by atoms with Gasteiger partial charge in [-0.3, -0.25) is 24.4 Å². The summed E-state index contributed by atoms with van der Waals surface area (Å²) < 4.78 is 3.07. The number of H-pyrrole nitrogens is 1. The van der Waals surface area contributed by atoms with Crippen LogP contribution in [-0.4, -0.2) is 33.0 Å². The van der Waals surface area contributed by atoms with Gasteiger partial charge in [-0.25, -0.2) is 4.68 Å². The van der Waals surface area contributed by atoms with Crippen LogP contribution in [0.2, 0.25) is 5.02 Å². The molecule has 0 aliphatic carbocycles. The third-order valence-electron chi connectivity index (χ3n) is 5.90. The molecule has 0 spiro atoms. The fourth-order valence-electron chi connectivity index (χ4n) is 4.30. The van der Waals surface area contributed by atoms with Gasteiger partial charge < -0.3 is 0 Å². The molecule has 8 heteroatoms. The molecule has 0 bridgehead atoms. The van der Waals surface area contributed by atoms with Gasteiger partial charge in [-0.15, -0.1) is 0 Å². The van der Waals surface area contributed by atoms with Gasteiger partial charge in [0.15, 0.2) is 12.4 Å². The normalized spacial score (nSPS) is 13.9. The summed E-state index contributed by atoms with van der Waals surface area (Å²) in [5, 5.41) is 3.66. The maximum absolute atomic E-state index is 13.7. The van der Waals surface area contributed by atoms with Crippen molar-refractivity contribution in [2.45, 2.75) is 46.5 Å². The van der Waals surface area contributed by atoms with E-state index in [0.717, 1.165) is 18.4 Å². The quantitative estimate of drug-likeness (QED) is 0.394. The van der Waals surface area contributed by atoms with Crippen molar-refractivity contribution in [1.29, 1.82) is 0 Å². The number of nitrogens with zero attached hydrogens (tertiary/aromatic N) is 3. The smallest absolute Gasteiger partial charge is 0.294 e. The summed E-state index contributed by atoms with van der Waals surface area (Å²) in [5.74, 6) is -0.833. The highest BCUT2D eigenvalue weighted by molar-refractivity contribution is 6.44. The number of benzene rings is 1. The molecule has 0 radical (unpaired) electrons. The Balaban J connectivity index is 2.02. The van der Waals surface area contributed by atoms with Crippen LogP contribution in [0.3, 0.4) is 0 Å². The number of aromatic nitrogens is 3. The topological polar surface area (TPSA) is 79.1 Å². The summed E-state index contributed by atoms with van der Waals surface area (Å²) in [7, 11) is 0. The molecular weight excluding hydrogens is 452 g/mol. The number of carbonyl (C=O) groups excluding carboxylic acids is 2. The highest BCUT2D eigenvalue weighted by Gasteiger charge is 2.47. The molecule has 0 saturated heterocycles. The Labute approximate surface area is 203 Å². The van der Waals surface area contributed by atoms with E-state index in [4.69, 9.17) is 11.6 Å². The molecule has 0 atom stereocenters. The van der Waals surface area contributed by atoms with E-state index in [1.54, 1.807) is 35.0 Å². The SMILES string of the molecule is CCCc1[nH]n(-c2cccc(Cl)c2)c(=O)c1C1=C([n+]2cccc(CC)c2)C(=O)N(CCC)C1=O. The third-order valence-corrected chi connectivity index (χ3v) is 6.14. The van der Waals surface area contributed by atoms with Crippen LogP contribution in [-0.2, 0) is 22.4 Å². The molecule has 2 aromatic heterocycles. The van der Waals surface area contributed by atoms with Gasteiger partial charge in [0.05, 0.1) is 11.3 Å². The average Bonchev–Trinajstić information content (AvgIpc) is 3.27. The number of aromatic amines is 1. The molecule has 4 rings (SSSR count). The predicted octanol–water partition coefficient (Wildman–Crippen LogP) is 3.77. The summed E-state index contributed by atoms with van der Waals surface area (Å²) in [6.45, 7) is 6.22. The Morgan fingerprint density at radius 1 is 1.00 bits per heavy atom. The Morgan fingerprint density at radius 3 is 2.47 bits per heavy atom. The van der Waals surface area contributed by atoms with Gasteiger partial charge in [0, 0.05) is 28.9 Å². The van der Waals surface area contributed by atoms with Crippen molar-refractivity contribution >= 4 is 34.7 Å². The molecule has 0 saturated carbocycles. The van der Waals surface area contributed by atoms with Gasteiger partial charge in [-0.2, -0.15) is 4.57 Å². The van der Waals surface area contributed by atoms with Crippen molar-refractivity contribution < 1.29 is 14.2 Å². The lowest BCUT2D eigenvalue weighted by molar-refractivity contribution is -0.577. The van der Waals surface area contributed by atoms with Crippen LogP contribution in [0, 0.1) is 0 Å². The second kappa shape index (κ2) is 9.81. The maximum Gasteiger partial charge on any atom is 0.326 e. The Morgan fingerprint density at radius 2 is 1.79 bits per heavy atom.